The molecule has 0 fully saturated rings. The summed E-state index contributed by atoms with van der Waals surface area (Å²) in [5, 5.41) is 14.6. The summed E-state index contributed by atoms with van der Waals surface area (Å²) in [5.74, 6) is 0. The van der Waals surface area contributed by atoms with Crippen molar-refractivity contribution >= 4 is 11.6 Å². The predicted octanol–water partition coefficient (Wildman–Crippen LogP) is 2.01. The zero-order chi connectivity index (χ0) is 11.4. The molecule has 1 rings (SSSR count). The van der Waals surface area contributed by atoms with Gasteiger partial charge in [-0.3, -0.25) is 4.68 Å². The summed E-state index contributed by atoms with van der Waals surface area (Å²) < 4.78 is 7.02. The highest BCUT2D eigenvalue weighted by molar-refractivity contribution is 6.31. The third-order valence-corrected chi connectivity index (χ3v) is 2.58. The molecular weight excluding hydrogens is 216 g/mol. The molecule has 0 saturated heterocycles. The van der Waals surface area contributed by atoms with Gasteiger partial charge < -0.3 is 9.84 Å². The Hall–Kier alpha value is -0.580. The van der Waals surface area contributed by atoms with Gasteiger partial charge in [0.15, 0.2) is 0 Å². The van der Waals surface area contributed by atoms with Crippen molar-refractivity contribution in [3.8, 4) is 0 Å². The van der Waals surface area contributed by atoms with E-state index in [-0.39, 0.29) is 6.10 Å². The van der Waals surface area contributed by atoms with E-state index >= 15 is 0 Å². The van der Waals surface area contributed by atoms with Gasteiger partial charge in [-0.05, 0) is 20.8 Å². The molecule has 0 saturated carbocycles. The largest absolute Gasteiger partial charge is 0.384 e. The number of hydrogen-bond acceptors (Lipinski definition) is 3. The van der Waals surface area contributed by atoms with Crippen LogP contribution in [0.3, 0.4) is 0 Å². The van der Waals surface area contributed by atoms with E-state index in [1.807, 2.05) is 20.8 Å². The number of ether oxygens (including phenoxy) is 1. The second-order valence-corrected chi connectivity index (χ2v) is 3.71. The van der Waals surface area contributed by atoms with E-state index in [1.165, 1.54) is 0 Å². The number of hydrogen-bond donors (Lipinski definition) is 1. The summed E-state index contributed by atoms with van der Waals surface area (Å²) in [4.78, 5) is 0. The third kappa shape index (κ3) is 2.71. The molecule has 1 aromatic rings. The maximum Gasteiger partial charge on any atom is 0.123 e. The van der Waals surface area contributed by atoms with Gasteiger partial charge in [-0.15, -0.1) is 0 Å². The summed E-state index contributed by atoms with van der Waals surface area (Å²) in [6.07, 6.45) is 0.525. The second-order valence-electron chi connectivity index (χ2n) is 3.30. The van der Waals surface area contributed by atoms with Gasteiger partial charge in [-0.2, -0.15) is 5.10 Å². The minimum absolute atomic E-state index is 0.283. The Labute approximate surface area is 94.8 Å². The molecular formula is C10H17ClN2O2. The van der Waals surface area contributed by atoms with Crippen LogP contribution in [0.5, 0.6) is 0 Å². The number of aliphatic hydroxyl groups excluding tert-OH is 1. The maximum atomic E-state index is 10.0. The molecule has 0 aromatic carbocycles. The van der Waals surface area contributed by atoms with Crippen LogP contribution in [0.1, 0.15) is 32.6 Å². The Morgan fingerprint density at radius 1 is 1.60 bits per heavy atom. The summed E-state index contributed by atoms with van der Waals surface area (Å²) in [6, 6.07) is 0. The smallest absolute Gasteiger partial charge is 0.123 e. The number of halogens is 1. The highest BCUT2D eigenvalue weighted by Crippen LogP contribution is 2.26. The third-order valence-electron chi connectivity index (χ3n) is 2.29. The first kappa shape index (κ1) is 12.5. The first-order valence-electron chi connectivity index (χ1n) is 5.12. The molecule has 0 aliphatic heterocycles. The number of rotatable bonds is 5. The number of nitrogens with zero attached hydrogens (tertiary/aromatic N) is 2. The molecule has 0 aliphatic rings. The van der Waals surface area contributed by atoms with E-state index in [0.717, 1.165) is 0 Å². The van der Waals surface area contributed by atoms with Crippen molar-refractivity contribution in [1.29, 1.82) is 0 Å². The molecule has 1 heterocycles. The first-order chi connectivity index (χ1) is 7.11. The monoisotopic (exact) mass is 232 g/mol. The van der Waals surface area contributed by atoms with Crippen LogP contribution < -0.4 is 0 Å². The lowest BCUT2D eigenvalue weighted by atomic mass is 10.1. The molecule has 0 spiro atoms. The van der Waals surface area contributed by atoms with Crippen LogP contribution in [0.4, 0.5) is 0 Å². The molecule has 0 radical (unpaired) electrons. The van der Waals surface area contributed by atoms with Crippen molar-refractivity contribution in [2.45, 2.75) is 39.5 Å². The highest BCUT2D eigenvalue weighted by atomic mass is 35.5. The fourth-order valence-corrected chi connectivity index (χ4v) is 1.75. The van der Waals surface area contributed by atoms with Crippen molar-refractivity contribution in [3.05, 3.63) is 16.9 Å². The molecule has 5 heteroatoms. The second kappa shape index (κ2) is 5.49. The van der Waals surface area contributed by atoms with Crippen molar-refractivity contribution in [1.82, 2.24) is 9.78 Å². The van der Waals surface area contributed by atoms with Gasteiger partial charge >= 0.3 is 0 Å². The molecule has 86 valence electrons. The van der Waals surface area contributed by atoms with E-state index in [1.54, 1.807) is 10.9 Å². The summed E-state index contributed by atoms with van der Waals surface area (Å²) in [6.45, 7) is 6.90. The Morgan fingerprint density at radius 3 is 2.80 bits per heavy atom. The SMILES string of the molecule is CCOC(C)C(O)c1c(Cl)cnn1CC. The van der Waals surface area contributed by atoms with Gasteiger partial charge in [0.2, 0.25) is 0 Å². The maximum absolute atomic E-state index is 10.0. The Bertz CT molecular complexity index is 314. The van der Waals surface area contributed by atoms with Crippen molar-refractivity contribution in [3.63, 3.8) is 0 Å². The summed E-state index contributed by atoms with van der Waals surface area (Å²) in [5.41, 5.74) is 0.625. The van der Waals surface area contributed by atoms with Gasteiger partial charge in [0.1, 0.15) is 6.10 Å². The minimum atomic E-state index is -0.736. The Kier molecular flexibility index (Phi) is 4.57. The molecule has 1 aromatic heterocycles. The van der Waals surface area contributed by atoms with Crippen molar-refractivity contribution in [2.75, 3.05) is 6.61 Å². The standard InChI is InChI=1S/C10H17ClN2O2/c1-4-13-9(8(11)6-12-13)10(14)7(3)15-5-2/h6-7,10,14H,4-5H2,1-3H3. The molecule has 4 nitrogen and oxygen atoms in total. The van der Waals surface area contributed by atoms with Gasteiger partial charge in [0.05, 0.1) is 23.0 Å². The number of aryl methyl sites for hydroxylation is 1. The lowest BCUT2D eigenvalue weighted by Gasteiger charge is -2.20. The molecule has 2 atom stereocenters. The Morgan fingerprint density at radius 2 is 2.27 bits per heavy atom. The molecule has 0 bridgehead atoms. The number of aliphatic hydroxyl groups is 1. The zero-order valence-corrected chi connectivity index (χ0v) is 10.0. The van der Waals surface area contributed by atoms with Crippen LogP contribution in [0.15, 0.2) is 6.20 Å². The van der Waals surface area contributed by atoms with Crippen LogP contribution >= 0.6 is 11.6 Å². The fraction of sp³-hybridized carbons (Fsp3) is 0.700. The topological polar surface area (TPSA) is 47.3 Å². The minimum Gasteiger partial charge on any atom is -0.384 e. The average molecular weight is 233 g/mol. The first-order valence-corrected chi connectivity index (χ1v) is 5.50. The predicted molar refractivity (Wildman–Crippen MR) is 59.0 cm³/mol. The zero-order valence-electron chi connectivity index (χ0n) is 9.27. The van der Waals surface area contributed by atoms with Crippen LogP contribution in [0.2, 0.25) is 5.02 Å². The molecule has 0 amide bonds. The van der Waals surface area contributed by atoms with E-state index in [9.17, 15) is 5.11 Å². The number of aromatic nitrogens is 2. The molecule has 15 heavy (non-hydrogen) atoms. The summed E-state index contributed by atoms with van der Waals surface area (Å²) >= 11 is 5.96. The fourth-order valence-electron chi connectivity index (χ4n) is 1.49. The lowest BCUT2D eigenvalue weighted by molar-refractivity contribution is -0.0264. The van der Waals surface area contributed by atoms with Gasteiger partial charge in [-0.25, -0.2) is 0 Å². The normalized spacial score (nSPS) is 15.3. The average Bonchev–Trinajstić information content (AvgIpc) is 2.58. The van der Waals surface area contributed by atoms with E-state index in [4.69, 9.17) is 16.3 Å². The van der Waals surface area contributed by atoms with Crippen LogP contribution in [0, 0.1) is 0 Å². The van der Waals surface area contributed by atoms with Crippen molar-refractivity contribution < 1.29 is 9.84 Å². The van der Waals surface area contributed by atoms with E-state index < -0.39 is 6.10 Å². The quantitative estimate of drug-likeness (QED) is 0.845. The van der Waals surface area contributed by atoms with E-state index in [2.05, 4.69) is 5.10 Å². The van der Waals surface area contributed by atoms with Gasteiger partial charge in [-0.1, -0.05) is 11.6 Å². The highest BCUT2D eigenvalue weighted by Gasteiger charge is 2.23. The Balaban J connectivity index is 2.88. The van der Waals surface area contributed by atoms with Gasteiger partial charge in [0.25, 0.3) is 0 Å². The molecule has 2 unspecified atom stereocenters. The molecule has 1 N–H and O–H groups in total. The summed E-state index contributed by atoms with van der Waals surface area (Å²) in [7, 11) is 0. The van der Waals surface area contributed by atoms with Crippen molar-refractivity contribution in [2.24, 2.45) is 0 Å². The van der Waals surface area contributed by atoms with E-state index in [0.29, 0.717) is 23.9 Å². The molecule has 0 aliphatic carbocycles. The van der Waals surface area contributed by atoms with Crippen LogP contribution in [0.25, 0.3) is 0 Å². The van der Waals surface area contributed by atoms with Gasteiger partial charge in [0, 0.05) is 13.2 Å². The lowest BCUT2D eigenvalue weighted by Crippen LogP contribution is -2.22. The van der Waals surface area contributed by atoms with Crippen LogP contribution in [-0.4, -0.2) is 27.6 Å². The van der Waals surface area contributed by atoms with Crippen LogP contribution in [-0.2, 0) is 11.3 Å².